The zero-order valence-electron chi connectivity index (χ0n) is 5.91. The standard InChI is InChI=1S/C8H8N2S/c11-5-8-9-6-3-1-2-4-7(6)10-8/h1-4,11H,5H2,(H,9,10). The maximum Gasteiger partial charge on any atom is 0.116 e. The molecular formula is C8H8N2S. The Labute approximate surface area is 70.1 Å². The van der Waals surface area contributed by atoms with Crippen LogP contribution in [-0.4, -0.2) is 9.97 Å². The van der Waals surface area contributed by atoms with E-state index in [2.05, 4.69) is 22.6 Å². The van der Waals surface area contributed by atoms with E-state index in [0.29, 0.717) is 5.75 Å². The van der Waals surface area contributed by atoms with E-state index in [4.69, 9.17) is 0 Å². The molecule has 0 atom stereocenters. The Morgan fingerprint density at radius 2 is 2.18 bits per heavy atom. The Morgan fingerprint density at radius 3 is 2.91 bits per heavy atom. The summed E-state index contributed by atoms with van der Waals surface area (Å²) in [6, 6.07) is 7.96. The van der Waals surface area contributed by atoms with Gasteiger partial charge >= 0.3 is 0 Å². The molecule has 2 rings (SSSR count). The SMILES string of the molecule is SCc1nc2ccccc2[nH]1. The number of benzene rings is 1. The summed E-state index contributed by atoms with van der Waals surface area (Å²) in [7, 11) is 0. The number of rotatable bonds is 1. The topological polar surface area (TPSA) is 28.7 Å². The molecule has 0 unspecified atom stereocenters. The number of nitrogens with zero attached hydrogens (tertiary/aromatic N) is 1. The number of H-pyrrole nitrogens is 1. The Morgan fingerprint density at radius 1 is 1.36 bits per heavy atom. The summed E-state index contributed by atoms with van der Waals surface area (Å²) >= 11 is 4.13. The largest absolute Gasteiger partial charge is 0.341 e. The van der Waals surface area contributed by atoms with Crippen LogP contribution >= 0.6 is 12.6 Å². The smallest absolute Gasteiger partial charge is 0.116 e. The second-order valence-electron chi connectivity index (χ2n) is 2.36. The average molecular weight is 164 g/mol. The lowest BCUT2D eigenvalue weighted by Crippen LogP contribution is -1.77. The van der Waals surface area contributed by atoms with E-state index in [1.54, 1.807) is 0 Å². The molecule has 0 spiro atoms. The Hall–Kier alpha value is -0.960. The monoisotopic (exact) mass is 164 g/mol. The highest BCUT2D eigenvalue weighted by Gasteiger charge is 1.97. The lowest BCUT2D eigenvalue weighted by Gasteiger charge is -1.81. The first kappa shape index (κ1) is 6.73. The van der Waals surface area contributed by atoms with Crippen LogP contribution in [0.1, 0.15) is 5.82 Å². The maximum absolute atomic E-state index is 4.30. The first-order chi connectivity index (χ1) is 5.40. The highest BCUT2D eigenvalue weighted by atomic mass is 32.1. The summed E-state index contributed by atoms with van der Waals surface area (Å²) < 4.78 is 0. The number of hydrogen-bond donors (Lipinski definition) is 2. The van der Waals surface area contributed by atoms with E-state index >= 15 is 0 Å². The van der Waals surface area contributed by atoms with E-state index in [9.17, 15) is 0 Å². The molecule has 1 aromatic heterocycles. The van der Waals surface area contributed by atoms with Gasteiger partial charge in [-0.15, -0.1) is 0 Å². The highest BCUT2D eigenvalue weighted by molar-refractivity contribution is 7.79. The second-order valence-corrected chi connectivity index (χ2v) is 2.67. The van der Waals surface area contributed by atoms with Crippen LogP contribution < -0.4 is 0 Å². The van der Waals surface area contributed by atoms with E-state index < -0.39 is 0 Å². The molecule has 2 nitrogen and oxygen atoms in total. The van der Waals surface area contributed by atoms with Crippen molar-refractivity contribution < 1.29 is 0 Å². The molecule has 0 saturated heterocycles. The zero-order chi connectivity index (χ0) is 7.68. The van der Waals surface area contributed by atoms with Gasteiger partial charge in [0.15, 0.2) is 0 Å². The summed E-state index contributed by atoms with van der Waals surface area (Å²) in [5.74, 6) is 1.59. The quantitative estimate of drug-likeness (QED) is 0.620. The molecule has 3 heteroatoms. The van der Waals surface area contributed by atoms with Crippen molar-refractivity contribution in [3.05, 3.63) is 30.1 Å². The van der Waals surface area contributed by atoms with Gasteiger partial charge in [0.2, 0.25) is 0 Å². The number of aromatic nitrogens is 2. The Balaban J connectivity index is 2.69. The molecule has 1 aromatic carbocycles. The molecular weight excluding hydrogens is 156 g/mol. The van der Waals surface area contributed by atoms with Gasteiger partial charge in [-0.3, -0.25) is 0 Å². The normalized spacial score (nSPS) is 10.6. The number of para-hydroxylation sites is 2. The van der Waals surface area contributed by atoms with Gasteiger partial charge in [-0.1, -0.05) is 12.1 Å². The first-order valence-electron chi connectivity index (χ1n) is 3.44. The lowest BCUT2D eigenvalue weighted by atomic mass is 10.3. The van der Waals surface area contributed by atoms with Crippen LogP contribution in [0.5, 0.6) is 0 Å². The van der Waals surface area contributed by atoms with Crippen LogP contribution in [-0.2, 0) is 5.75 Å². The summed E-state index contributed by atoms with van der Waals surface area (Å²) in [4.78, 5) is 7.46. The zero-order valence-corrected chi connectivity index (χ0v) is 6.81. The fraction of sp³-hybridized carbons (Fsp3) is 0.125. The van der Waals surface area contributed by atoms with Gasteiger partial charge in [-0.05, 0) is 12.1 Å². The van der Waals surface area contributed by atoms with Gasteiger partial charge in [0.05, 0.1) is 11.0 Å². The van der Waals surface area contributed by atoms with Crippen molar-refractivity contribution in [3.63, 3.8) is 0 Å². The fourth-order valence-electron chi connectivity index (χ4n) is 1.08. The van der Waals surface area contributed by atoms with Gasteiger partial charge in [0.1, 0.15) is 5.82 Å². The summed E-state index contributed by atoms with van der Waals surface area (Å²) in [6.45, 7) is 0. The minimum absolute atomic E-state index is 0.661. The molecule has 1 heterocycles. The number of fused-ring (bicyclic) bond motifs is 1. The summed E-state index contributed by atoms with van der Waals surface area (Å²) in [6.07, 6.45) is 0. The minimum Gasteiger partial charge on any atom is -0.341 e. The number of thiol groups is 1. The third kappa shape index (κ3) is 1.12. The van der Waals surface area contributed by atoms with Crippen molar-refractivity contribution in [2.45, 2.75) is 5.75 Å². The van der Waals surface area contributed by atoms with E-state index in [-0.39, 0.29) is 0 Å². The lowest BCUT2D eigenvalue weighted by molar-refractivity contribution is 1.15. The van der Waals surface area contributed by atoms with Gasteiger partial charge in [0, 0.05) is 5.75 Å². The van der Waals surface area contributed by atoms with Crippen molar-refractivity contribution in [1.82, 2.24) is 9.97 Å². The van der Waals surface area contributed by atoms with Crippen LogP contribution in [0.3, 0.4) is 0 Å². The fourth-order valence-corrected chi connectivity index (χ4v) is 1.23. The van der Waals surface area contributed by atoms with E-state index in [0.717, 1.165) is 16.9 Å². The number of imidazole rings is 1. The van der Waals surface area contributed by atoms with Gasteiger partial charge in [0.25, 0.3) is 0 Å². The molecule has 0 aliphatic carbocycles. The molecule has 0 aliphatic rings. The predicted molar refractivity (Wildman–Crippen MR) is 48.8 cm³/mol. The third-order valence-corrected chi connectivity index (χ3v) is 1.89. The number of aromatic amines is 1. The van der Waals surface area contributed by atoms with E-state index in [1.165, 1.54) is 0 Å². The van der Waals surface area contributed by atoms with Crippen molar-refractivity contribution in [3.8, 4) is 0 Å². The Bertz CT molecular complexity index is 334. The van der Waals surface area contributed by atoms with Crippen LogP contribution in [0.2, 0.25) is 0 Å². The third-order valence-electron chi connectivity index (χ3n) is 1.59. The molecule has 56 valence electrons. The van der Waals surface area contributed by atoms with Gasteiger partial charge < -0.3 is 4.98 Å². The van der Waals surface area contributed by atoms with Gasteiger partial charge in [-0.25, -0.2) is 4.98 Å². The first-order valence-corrected chi connectivity index (χ1v) is 4.08. The maximum atomic E-state index is 4.30. The molecule has 11 heavy (non-hydrogen) atoms. The number of hydrogen-bond acceptors (Lipinski definition) is 2. The van der Waals surface area contributed by atoms with Crippen LogP contribution in [0.4, 0.5) is 0 Å². The van der Waals surface area contributed by atoms with Crippen molar-refractivity contribution in [1.29, 1.82) is 0 Å². The molecule has 0 aliphatic heterocycles. The molecule has 0 saturated carbocycles. The summed E-state index contributed by atoms with van der Waals surface area (Å²) in [5, 5.41) is 0. The second kappa shape index (κ2) is 2.58. The van der Waals surface area contributed by atoms with Crippen LogP contribution in [0, 0.1) is 0 Å². The van der Waals surface area contributed by atoms with E-state index in [1.807, 2.05) is 24.3 Å². The Kier molecular flexibility index (Phi) is 1.58. The molecule has 0 radical (unpaired) electrons. The number of nitrogens with one attached hydrogen (secondary N) is 1. The van der Waals surface area contributed by atoms with Crippen molar-refractivity contribution in [2.24, 2.45) is 0 Å². The predicted octanol–water partition coefficient (Wildman–Crippen LogP) is 1.99. The molecule has 0 amide bonds. The molecule has 0 fully saturated rings. The molecule has 1 N–H and O–H groups in total. The van der Waals surface area contributed by atoms with Gasteiger partial charge in [-0.2, -0.15) is 12.6 Å². The minimum atomic E-state index is 0.661. The highest BCUT2D eigenvalue weighted by Crippen LogP contribution is 2.10. The molecule has 0 bridgehead atoms. The average Bonchev–Trinajstić information content (AvgIpc) is 2.46. The van der Waals surface area contributed by atoms with Crippen molar-refractivity contribution in [2.75, 3.05) is 0 Å². The molecule has 2 aromatic rings. The van der Waals surface area contributed by atoms with Crippen LogP contribution in [0.15, 0.2) is 24.3 Å². The van der Waals surface area contributed by atoms with Crippen molar-refractivity contribution >= 4 is 23.7 Å². The summed E-state index contributed by atoms with van der Waals surface area (Å²) in [5.41, 5.74) is 2.09. The van der Waals surface area contributed by atoms with Crippen LogP contribution in [0.25, 0.3) is 11.0 Å².